The van der Waals surface area contributed by atoms with Crippen LogP contribution in [0.15, 0.2) is 48.0 Å². The van der Waals surface area contributed by atoms with Gasteiger partial charge in [0, 0.05) is 16.8 Å². The highest BCUT2D eigenvalue weighted by Crippen LogP contribution is 2.15. The summed E-state index contributed by atoms with van der Waals surface area (Å²) < 4.78 is 5.01. The molecule has 0 unspecified atom stereocenters. The molecule has 1 amide bonds. The third-order valence-corrected chi connectivity index (χ3v) is 9.12. The predicted molar refractivity (Wildman–Crippen MR) is 137 cm³/mol. The number of nitrogens with one attached hydrogen (secondary N) is 1. The Bertz CT molecular complexity index is 949. The van der Waals surface area contributed by atoms with Crippen LogP contribution in [-0.2, 0) is 9.53 Å². The van der Waals surface area contributed by atoms with Crippen LogP contribution in [-0.4, -0.2) is 34.6 Å². The number of rotatable bonds is 7. The first-order valence-corrected chi connectivity index (χ1v) is 17.7. The quantitative estimate of drug-likeness (QED) is 0.365. The molecule has 0 saturated carbocycles. The van der Waals surface area contributed by atoms with E-state index in [-0.39, 0.29) is 11.9 Å². The van der Waals surface area contributed by atoms with Crippen molar-refractivity contribution in [3.8, 4) is 0 Å². The van der Waals surface area contributed by atoms with E-state index in [1.54, 1.807) is 19.9 Å². The molecule has 31 heavy (non-hydrogen) atoms. The first kappa shape index (κ1) is 24.8. The number of amides is 1. The summed E-state index contributed by atoms with van der Waals surface area (Å²) in [7, 11) is -3.11. The minimum atomic E-state index is -1.55. The van der Waals surface area contributed by atoms with Crippen molar-refractivity contribution >= 4 is 50.2 Å². The minimum absolute atomic E-state index is 0.0920. The Hall–Kier alpha value is -2.45. The van der Waals surface area contributed by atoms with Crippen molar-refractivity contribution in [3.63, 3.8) is 0 Å². The van der Waals surface area contributed by atoms with Crippen molar-refractivity contribution < 1.29 is 14.3 Å². The summed E-state index contributed by atoms with van der Waals surface area (Å²) in [5, 5.41) is 5.64. The third-order valence-electron chi connectivity index (χ3n) is 5.08. The molecule has 0 atom stereocenters. The molecule has 0 aliphatic heterocycles. The topological polar surface area (TPSA) is 55.4 Å². The lowest BCUT2D eigenvalue weighted by atomic mass is 10.1. The van der Waals surface area contributed by atoms with E-state index in [2.05, 4.69) is 62.8 Å². The average Bonchev–Trinajstić information content (AvgIpc) is 2.68. The second kappa shape index (κ2) is 9.79. The molecule has 166 valence electrons. The van der Waals surface area contributed by atoms with Gasteiger partial charge in [-0.05, 0) is 37.6 Å². The maximum absolute atomic E-state index is 13.0. The van der Waals surface area contributed by atoms with E-state index in [4.69, 9.17) is 4.74 Å². The largest absolute Gasteiger partial charge is 0.463 e. The SMILES string of the molecule is CCOC(=O)/C(C)=C/c1ccc(NC(=O)c2cc([Si](C)(C)C)cc([Si](C)(C)C)c2)cc1. The average molecular weight is 454 g/mol. The lowest BCUT2D eigenvalue weighted by molar-refractivity contribution is -0.138. The van der Waals surface area contributed by atoms with Gasteiger partial charge in [0.05, 0.1) is 22.8 Å². The smallest absolute Gasteiger partial charge is 0.333 e. The van der Waals surface area contributed by atoms with Gasteiger partial charge in [-0.15, -0.1) is 0 Å². The Morgan fingerprint density at radius 2 is 1.42 bits per heavy atom. The van der Waals surface area contributed by atoms with Crippen molar-refractivity contribution in [3.05, 3.63) is 59.2 Å². The highest BCUT2D eigenvalue weighted by Gasteiger charge is 2.24. The van der Waals surface area contributed by atoms with Gasteiger partial charge < -0.3 is 10.1 Å². The lowest BCUT2D eigenvalue weighted by Gasteiger charge is -2.24. The van der Waals surface area contributed by atoms with E-state index in [0.717, 1.165) is 16.8 Å². The van der Waals surface area contributed by atoms with Gasteiger partial charge in [0.2, 0.25) is 0 Å². The van der Waals surface area contributed by atoms with E-state index in [0.29, 0.717) is 12.2 Å². The van der Waals surface area contributed by atoms with E-state index < -0.39 is 16.1 Å². The van der Waals surface area contributed by atoms with Gasteiger partial charge in [0.15, 0.2) is 0 Å². The molecule has 2 aromatic rings. The normalized spacial score (nSPS) is 12.5. The van der Waals surface area contributed by atoms with Gasteiger partial charge in [0.1, 0.15) is 0 Å². The maximum atomic E-state index is 13.0. The van der Waals surface area contributed by atoms with E-state index in [9.17, 15) is 9.59 Å². The number of hydrogen-bond acceptors (Lipinski definition) is 3. The molecule has 0 fully saturated rings. The molecule has 0 aliphatic rings. The van der Waals surface area contributed by atoms with Crippen LogP contribution in [0.1, 0.15) is 29.8 Å². The zero-order chi connectivity index (χ0) is 23.4. The Morgan fingerprint density at radius 1 is 0.903 bits per heavy atom. The van der Waals surface area contributed by atoms with E-state index in [1.807, 2.05) is 24.3 Å². The fraction of sp³-hybridized carbons (Fsp3) is 0.360. The molecule has 2 rings (SSSR count). The molecule has 2 aromatic carbocycles. The first-order valence-electron chi connectivity index (χ1n) is 10.7. The Labute approximate surface area is 188 Å². The Balaban J connectivity index is 2.25. The van der Waals surface area contributed by atoms with Crippen molar-refractivity contribution in [2.75, 3.05) is 11.9 Å². The summed E-state index contributed by atoms with van der Waals surface area (Å²) in [5.74, 6) is -0.411. The van der Waals surface area contributed by atoms with Crippen LogP contribution in [0.25, 0.3) is 6.08 Å². The molecule has 0 aliphatic carbocycles. The molecule has 4 nitrogen and oxygen atoms in total. The summed E-state index contributed by atoms with van der Waals surface area (Å²) in [4.78, 5) is 24.8. The predicted octanol–water partition coefficient (Wildman–Crippen LogP) is 5.00. The molecule has 0 aromatic heterocycles. The van der Waals surface area contributed by atoms with E-state index in [1.165, 1.54) is 10.4 Å². The highest BCUT2D eigenvalue weighted by atomic mass is 28.3. The molecule has 6 heteroatoms. The summed E-state index contributed by atoms with van der Waals surface area (Å²) in [5.41, 5.74) is 2.87. The molecule has 0 radical (unpaired) electrons. The monoisotopic (exact) mass is 453 g/mol. The van der Waals surface area contributed by atoms with Gasteiger partial charge in [-0.3, -0.25) is 4.79 Å². The van der Waals surface area contributed by atoms with E-state index >= 15 is 0 Å². The van der Waals surface area contributed by atoms with Crippen LogP contribution in [0.2, 0.25) is 39.3 Å². The van der Waals surface area contributed by atoms with Crippen molar-refractivity contribution in [2.24, 2.45) is 0 Å². The number of anilines is 1. The van der Waals surface area contributed by atoms with Gasteiger partial charge >= 0.3 is 5.97 Å². The van der Waals surface area contributed by atoms with Gasteiger partial charge in [0.25, 0.3) is 5.91 Å². The molecule has 1 N–H and O–H groups in total. The van der Waals surface area contributed by atoms with Gasteiger partial charge in [-0.25, -0.2) is 4.79 Å². The molecular formula is C25H35NO3Si2. The minimum Gasteiger partial charge on any atom is -0.463 e. The van der Waals surface area contributed by atoms with Crippen LogP contribution in [0, 0.1) is 0 Å². The number of ether oxygens (including phenoxy) is 1. The molecular weight excluding hydrogens is 418 g/mol. The van der Waals surface area contributed by atoms with Gasteiger partial charge in [-0.1, -0.05) is 80.0 Å². The highest BCUT2D eigenvalue weighted by molar-refractivity contribution is 6.91. The Morgan fingerprint density at radius 3 is 1.87 bits per heavy atom. The zero-order valence-corrected chi connectivity index (χ0v) is 22.1. The number of carbonyl (C=O) groups excluding carboxylic acids is 2. The fourth-order valence-electron chi connectivity index (χ4n) is 3.04. The summed E-state index contributed by atoms with van der Waals surface area (Å²) in [6.07, 6.45) is 1.78. The summed E-state index contributed by atoms with van der Waals surface area (Å²) >= 11 is 0. The van der Waals surface area contributed by atoms with Crippen LogP contribution >= 0.6 is 0 Å². The van der Waals surface area contributed by atoms with Crippen molar-refractivity contribution in [2.45, 2.75) is 53.1 Å². The maximum Gasteiger partial charge on any atom is 0.333 e. The van der Waals surface area contributed by atoms with Crippen LogP contribution < -0.4 is 15.7 Å². The van der Waals surface area contributed by atoms with Crippen molar-refractivity contribution in [1.29, 1.82) is 0 Å². The molecule has 0 bridgehead atoms. The zero-order valence-electron chi connectivity index (χ0n) is 20.1. The summed E-state index contributed by atoms with van der Waals surface area (Å²) in [6.45, 7) is 17.7. The van der Waals surface area contributed by atoms with Crippen LogP contribution in [0.4, 0.5) is 5.69 Å². The molecule has 0 saturated heterocycles. The van der Waals surface area contributed by atoms with Gasteiger partial charge in [-0.2, -0.15) is 0 Å². The van der Waals surface area contributed by atoms with Crippen LogP contribution in [0.5, 0.6) is 0 Å². The molecule has 0 heterocycles. The fourth-order valence-corrected chi connectivity index (χ4v) is 5.54. The van der Waals surface area contributed by atoms with Crippen LogP contribution in [0.3, 0.4) is 0 Å². The number of hydrogen-bond donors (Lipinski definition) is 1. The molecule has 0 spiro atoms. The number of benzene rings is 2. The number of esters is 1. The number of carbonyl (C=O) groups is 2. The standard InChI is InChI=1S/C25H35NO3Si2/c1-9-29-25(28)18(2)14-19-10-12-21(13-11-19)26-24(27)20-15-22(30(3,4)5)17-23(16-20)31(6,7)8/h10-17H,9H2,1-8H3,(H,26,27)/b18-14+. The van der Waals surface area contributed by atoms with Crippen molar-refractivity contribution in [1.82, 2.24) is 0 Å². The second-order valence-corrected chi connectivity index (χ2v) is 20.1. The first-order chi connectivity index (χ1) is 14.3. The Kier molecular flexibility index (Phi) is 7.84. The third kappa shape index (κ3) is 7.04. The lowest BCUT2D eigenvalue weighted by Crippen LogP contribution is -2.46. The second-order valence-electron chi connectivity index (χ2n) is 9.92. The summed E-state index contributed by atoms with van der Waals surface area (Å²) in [6, 6.07) is 13.9.